The third kappa shape index (κ3) is 21.4. The fraction of sp³-hybridized carbons (Fsp3) is 0.397. The number of hydrogen-bond acceptors (Lipinski definition) is 20. The smallest absolute Gasteiger partial charge is 0.323 e. The number of aryl methyl sites for hydroxylation is 2. The first kappa shape index (κ1) is 70.7. The van der Waals surface area contributed by atoms with Gasteiger partial charge in [-0.05, 0) is 138 Å². The molecule has 0 unspecified atom stereocenters. The van der Waals surface area contributed by atoms with Gasteiger partial charge in [0.1, 0.15) is 49.8 Å². The van der Waals surface area contributed by atoms with E-state index in [0.29, 0.717) is 59.1 Å². The first-order chi connectivity index (χ1) is 42.2. The summed E-state index contributed by atoms with van der Waals surface area (Å²) in [6, 6.07) is 23.8. The molecule has 0 atom stereocenters. The van der Waals surface area contributed by atoms with E-state index in [0.717, 1.165) is 40.6 Å². The number of hydrogen-bond donors (Lipinski definition) is 1. The van der Waals surface area contributed by atoms with Gasteiger partial charge < -0.3 is 38.3 Å². The fourth-order valence-electron chi connectivity index (χ4n) is 7.83. The monoisotopic (exact) mass is 1290 g/mol. The highest BCUT2D eigenvalue weighted by atomic mass is 32.2. The number of carbonyl (C=O) groups excluding carboxylic acids is 2. The van der Waals surface area contributed by atoms with Crippen LogP contribution in [0.3, 0.4) is 0 Å². The van der Waals surface area contributed by atoms with Crippen LogP contribution in [-0.2, 0) is 51.8 Å². The lowest BCUT2D eigenvalue weighted by molar-refractivity contribution is -0.153. The molecule has 0 aliphatic rings. The van der Waals surface area contributed by atoms with E-state index in [1.165, 1.54) is 67.4 Å². The number of rotatable bonds is 25. The molecule has 0 bridgehead atoms. The summed E-state index contributed by atoms with van der Waals surface area (Å²) in [7, 11) is -3.45. The molecule has 0 fully saturated rings. The van der Waals surface area contributed by atoms with Gasteiger partial charge in [-0.3, -0.25) is 19.6 Å². The van der Waals surface area contributed by atoms with E-state index in [1.807, 2.05) is 32.0 Å². The van der Waals surface area contributed by atoms with Gasteiger partial charge in [0.2, 0.25) is 26.8 Å². The average Bonchev–Trinajstić information content (AvgIpc) is 1.61. The Labute approximate surface area is 526 Å². The van der Waals surface area contributed by atoms with Crippen molar-refractivity contribution in [2.75, 3.05) is 46.9 Å². The summed E-state index contributed by atoms with van der Waals surface area (Å²) in [6.07, 6.45) is 7.73. The predicted octanol–water partition coefficient (Wildman–Crippen LogP) is 12.1. The van der Waals surface area contributed by atoms with E-state index in [1.54, 1.807) is 75.4 Å². The molecule has 8 rings (SSSR count). The maximum Gasteiger partial charge on any atom is 0.323 e. The third-order valence-corrected chi connectivity index (χ3v) is 17.7. The topological polar surface area (TPSA) is 266 Å². The highest BCUT2D eigenvalue weighted by molar-refractivity contribution is 7.90. The number of nitrogens with zero attached hydrogens (tertiary/aromatic N) is 10. The van der Waals surface area contributed by atoms with Crippen molar-refractivity contribution in [3.63, 3.8) is 0 Å². The second kappa shape index (κ2) is 30.9. The third-order valence-electron chi connectivity index (χ3n) is 13.3. The van der Waals surface area contributed by atoms with Crippen LogP contribution in [0.5, 0.6) is 29.3 Å². The van der Waals surface area contributed by atoms with Crippen molar-refractivity contribution in [3.05, 3.63) is 132 Å². The van der Waals surface area contributed by atoms with Crippen LogP contribution in [0.1, 0.15) is 38.8 Å². The quantitative estimate of drug-likeness (QED) is 0.0316. The van der Waals surface area contributed by atoms with Gasteiger partial charge in [0.15, 0.2) is 11.6 Å². The van der Waals surface area contributed by atoms with Crippen molar-refractivity contribution < 1.29 is 65.1 Å². The highest BCUT2D eigenvalue weighted by Gasteiger charge is 2.31. The highest BCUT2D eigenvalue weighted by Crippen LogP contribution is 2.31. The number of methoxy groups -OCH3 is 2. The Kier molecular flexibility index (Phi) is 24.3. The van der Waals surface area contributed by atoms with Gasteiger partial charge in [0.25, 0.3) is 0 Å². The van der Waals surface area contributed by atoms with Crippen LogP contribution in [0.15, 0.2) is 115 Å². The van der Waals surface area contributed by atoms with Crippen LogP contribution in [0.25, 0.3) is 45.3 Å². The molecule has 0 spiro atoms. The molecule has 2 aromatic carbocycles. The Morgan fingerprint density at radius 2 is 1.01 bits per heavy atom. The predicted molar refractivity (Wildman–Crippen MR) is 341 cm³/mol. The van der Waals surface area contributed by atoms with Crippen molar-refractivity contribution in [2.24, 2.45) is 10.8 Å². The molecule has 22 nitrogen and oxygen atoms in total. The molecule has 0 radical (unpaired) electrons. The van der Waals surface area contributed by atoms with Gasteiger partial charge in [-0.15, -0.1) is 10.2 Å². The number of pyridine rings is 4. The molecule has 27 heteroatoms. The minimum atomic E-state index is -3.62. The van der Waals surface area contributed by atoms with Gasteiger partial charge in [0, 0.05) is 94.8 Å². The zero-order valence-corrected chi connectivity index (χ0v) is 56.4. The summed E-state index contributed by atoms with van der Waals surface area (Å²) in [5.74, 6) is 0.573. The lowest BCUT2D eigenvalue weighted by Gasteiger charge is -2.21. The van der Waals surface area contributed by atoms with E-state index in [4.69, 9.17) is 38.3 Å². The molecule has 482 valence electrons. The van der Waals surface area contributed by atoms with Gasteiger partial charge in [-0.2, -0.15) is 14.6 Å². The fourth-order valence-corrected chi connectivity index (χ4v) is 10.1. The van der Waals surface area contributed by atoms with Crippen LogP contribution in [-0.4, -0.2) is 138 Å². The second-order valence-electron chi connectivity index (χ2n) is 24.8. The number of carbonyl (C=O) groups is 2. The molecule has 0 aliphatic carbocycles. The summed E-state index contributed by atoms with van der Waals surface area (Å²) in [5.41, 5.74) is 4.46. The lowest BCUT2D eigenvalue weighted by atomic mass is 9.95. The number of ether oxygens (including phenoxy) is 7. The number of sulfone groups is 1. The lowest BCUT2D eigenvalue weighted by Crippen LogP contribution is -2.32. The first-order valence-corrected chi connectivity index (χ1v) is 38.0. The largest absolute Gasteiger partial charge is 0.508 e. The molecule has 90 heavy (non-hydrogen) atoms. The SMILES string of the molecule is COC(=O)C(C)(C)COc1cc(C)c(-c2ccc(-c3nc(Oc4ccc(F)cc4)n(COCC[Si](C)(C)C)n3)cn2)cn1.COC(=O)C(C)(C)COc1cc(C)c(-c2ccc(-c3nc(S(C)(=O)=O)n(COCC[Si](C)(C)C)n3)cn2)cn1.Oc1ccc(F)cc1. The number of benzene rings is 2. The standard InChI is InChI=1S/C31H38FN5O5Si.C26H37N5O6SSi.C6H5FO/c1-21-16-27(41-19-31(2,3)29(38)39-4)34-18-25(21)26-13-8-22(17-33-26)28-35-30(42-24-11-9-23(32)10-12-24)37(36-28)20-40-14-15-43(5,6)7;1-18-13-22(37-16-26(2,3)24(32)35-4)28-15-20(18)21-10-9-19(14-27-21)23-29-25(38(5,33)34)31(30-23)17-36-11-12-39(6,7)8;7-5-1-3-6(8)4-2-5/h8-13,16-18H,14-15,19-20H2,1-7H3;9-10,13-15H,11-12,16-17H2,1-8H3;1-4,8H. The Balaban J connectivity index is 0.000000255. The summed E-state index contributed by atoms with van der Waals surface area (Å²) in [4.78, 5) is 50.6. The molecule has 1 N–H and O–H groups in total. The Morgan fingerprint density at radius 1 is 0.589 bits per heavy atom. The van der Waals surface area contributed by atoms with E-state index in [2.05, 4.69) is 79.4 Å². The molecular formula is C63H80F2N10O12SSi2. The van der Waals surface area contributed by atoms with Crippen molar-refractivity contribution in [1.29, 1.82) is 0 Å². The van der Waals surface area contributed by atoms with Crippen molar-refractivity contribution in [3.8, 4) is 74.6 Å². The van der Waals surface area contributed by atoms with Crippen LogP contribution < -0.4 is 14.2 Å². The maximum atomic E-state index is 13.4. The molecule has 0 aliphatic heterocycles. The molecular weight excluding hydrogens is 1210 g/mol. The number of phenolic OH excluding ortho intramolecular Hbond substituents is 1. The van der Waals surface area contributed by atoms with Gasteiger partial charge in [-0.25, -0.2) is 31.8 Å². The van der Waals surface area contributed by atoms with Crippen LogP contribution >= 0.6 is 0 Å². The Morgan fingerprint density at radius 3 is 1.40 bits per heavy atom. The van der Waals surface area contributed by atoms with Crippen LogP contribution in [0.4, 0.5) is 8.78 Å². The van der Waals surface area contributed by atoms with Crippen LogP contribution in [0.2, 0.25) is 51.4 Å². The number of aromatic hydroxyl groups is 1. The molecule has 0 saturated carbocycles. The zero-order valence-electron chi connectivity index (χ0n) is 53.6. The first-order valence-electron chi connectivity index (χ1n) is 28.7. The number of aromatic nitrogens is 10. The number of phenols is 1. The van der Waals surface area contributed by atoms with E-state index in [-0.39, 0.29) is 73.0 Å². The van der Waals surface area contributed by atoms with Crippen LogP contribution in [0, 0.1) is 36.3 Å². The number of esters is 2. The van der Waals surface area contributed by atoms with Gasteiger partial charge in [0.05, 0.1) is 36.4 Å². The minimum absolute atomic E-state index is 0.00148. The summed E-state index contributed by atoms with van der Waals surface area (Å²) in [6.45, 7) is 26.0. The maximum absolute atomic E-state index is 13.4. The van der Waals surface area contributed by atoms with Crippen molar-refractivity contribution >= 4 is 37.9 Å². The van der Waals surface area contributed by atoms with E-state index in [9.17, 15) is 26.8 Å². The molecule has 0 amide bonds. The number of halogens is 2. The van der Waals surface area contributed by atoms with Gasteiger partial charge >= 0.3 is 17.9 Å². The summed E-state index contributed by atoms with van der Waals surface area (Å²) in [5, 5.41) is 17.4. The minimum Gasteiger partial charge on any atom is -0.508 e. The van der Waals surface area contributed by atoms with Gasteiger partial charge in [-0.1, -0.05) is 39.3 Å². The Bertz CT molecular complexity index is 3770. The Hall–Kier alpha value is -8.38. The van der Waals surface area contributed by atoms with Crippen molar-refractivity contribution in [2.45, 2.75) is 112 Å². The average molecular weight is 1300 g/mol. The normalized spacial score (nSPS) is 11.8. The summed E-state index contributed by atoms with van der Waals surface area (Å²) >= 11 is 0. The zero-order chi connectivity index (χ0) is 66.2. The van der Waals surface area contributed by atoms with Crippen molar-refractivity contribution in [1.82, 2.24) is 49.5 Å². The molecule has 6 heterocycles. The molecule has 6 aromatic heterocycles. The van der Waals surface area contributed by atoms with E-state index < -0.39 is 36.8 Å². The van der Waals surface area contributed by atoms with E-state index >= 15 is 0 Å². The summed E-state index contributed by atoms with van der Waals surface area (Å²) < 4.78 is 91.5. The molecule has 0 saturated heterocycles. The molecule has 8 aromatic rings. The second-order valence-corrected chi connectivity index (χ2v) is 38.0.